The van der Waals surface area contributed by atoms with E-state index in [1.54, 1.807) is 0 Å². The molecule has 33 heavy (non-hydrogen) atoms. The monoisotopic (exact) mass is 432 g/mol. The van der Waals surface area contributed by atoms with Crippen LogP contribution in [0.4, 0.5) is 0 Å². The van der Waals surface area contributed by atoms with Gasteiger partial charge in [-0.1, -0.05) is 18.2 Å². The van der Waals surface area contributed by atoms with Crippen molar-refractivity contribution in [1.82, 2.24) is 14.7 Å². The molecule has 3 heterocycles. The molecule has 0 radical (unpaired) electrons. The van der Waals surface area contributed by atoms with Gasteiger partial charge in [0.1, 0.15) is 0 Å². The maximum absolute atomic E-state index is 9.06. The molecule has 0 saturated heterocycles. The van der Waals surface area contributed by atoms with Crippen LogP contribution in [0.15, 0.2) is 90.0 Å². The highest BCUT2D eigenvalue weighted by Gasteiger charge is 2.12. The Labute approximate surface area is 194 Å². The van der Waals surface area contributed by atoms with Crippen LogP contribution in [0.2, 0.25) is 0 Å². The molecule has 0 atom stereocenters. The number of hydrogen-bond donors (Lipinski definition) is 0. The number of benzene rings is 1. The molecule has 0 N–H and O–H groups in total. The number of allylic oxidation sites excluding steroid dienone is 6. The van der Waals surface area contributed by atoms with Gasteiger partial charge in [0.15, 0.2) is 0 Å². The van der Waals surface area contributed by atoms with Crippen LogP contribution in [0.1, 0.15) is 16.7 Å². The summed E-state index contributed by atoms with van der Waals surface area (Å²) < 4.78 is 0. The minimum atomic E-state index is 0.698. The molecule has 3 aliphatic heterocycles. The molecule has 1 aromatic rings. The van der Waals surface area contributed by atoms with Gasteiger partial charge in [-0.25, -0.2) is 0 Å². The van der Waals surface area contributed by atoms with Gasteiger partial charge in [-0.05, 0) is 53.1 Å². The van der Waals surface area contributed by atoms with Crippen molar-refractivity contribution in [2.45, 2.75) is 19.6 Å². The van der Waals surface area contributed by atoms with Gasteiger partial charge in [0.05, 0.1) is 34.9 Å². The molecule has 0 fully saturated rings. The third-order valence-corrected chi connectivity index (χ3v) is 5.69. The fraction of sp³-hybridized carbons (Fsp3) is 0.222. The SMILES string of the molecule is N#CC1=CCN(Cc2cc(CN3C=CC(C#N)=CC3)cc(CN3C=CC(C#N)=CC3)c2)C=C1. The third-order valence-electron chi connectivity index (χ3n) is 5.69. The first-order chi connectivity index (χ1) is 16.1. The topological polar surface area (TPSA) is 81.1 Å². The second-order valence-electron chi connectivity index (χ2n) is 8.21. The van der Waals surface area contributed by atoms with E-state index in [1.807, 2.05) is 55.1 Å². The third kappa shape index (κ3) is 5.82. The summed E-state index contributed by atoms with van der Waals surface area (Å²) in [6.45, 7) is 4.42. The summed E-state index contributed by atoms with van der Waals surface area (Å²) in [6.07, 6.45) is 17.3. The quantitative estimate of drug-likeness (QED) is 0.675. The van der Waals surface area contributed by atoms with E-state index < -0.39 is 0 Å². The predicted molar refractivity (Wildman–Crippen MR) is 126 cm³/mol. The fourth-order valence-corrected chi connectivity index (χ4v) is 4.01. The zero-order valence-electron chi connectivity index (χ0n) is 18.4. The smallest absolute Gasteiger partial charge is 0.0989 e. The molecular formula is C27H24N6. The molecule has 0 spiro atoms. The number of nitriles is 3. The Balaban J connectivity index is 1.51. The highest BCUT2D eigenvalue weighted by atomic mass is 15.1. The van der Waals surface area contributed by atoms with Gasteiger partial charge in [-0.3, -0.25) is 0 Å². The molecule has 162 valence electrons. The number of rotatable bonds is 6. The van der Waals surface area contributed by atoms with E-state index in [-0.39, 0.29) is 0 Å². The van der Waals surface area contributed by atoms with Crippen molar-refractivity contribution in [3.63, 3.8) is 0 Å². The molecular weight excluding hydrogens is 408 g/mol. The molecule has 0 aromatic heterocycles. The summed E-state index contributed by atoms with van der Waals surface area (Å²) in [7, 11) is 0. The zero-order chi connectivity index (χ0) is 23.0. The van der Waals surface area contributed by atoms with Gasteiger partial charge in [0.25, 0.3) is 0 Å². The molecule has 1 aromatic carbocycles. The second kappa shape index (κ2) is 10.2. The standard InChI is InChI=1S/C27H24N6/c28-16-22-1-7-31(8-2-22)19-25-13-26(20-32-9-3-23(17-29)4-10-32)15-27(14-25)21-33-11-5-24(18-30)6-12-33/h1-7,9,11,13-15H,8,10,12,19-21H2. The van der Waals surface area contributed by atoms with Crippen LogP contribution in [-0.4, -0.2) is 34.3 Å². The summed E-state index contributed by atoms with van der Waals surface area (Å²) in [5.41, 5.74) is 5.73. The number of nitrogens with zero attached hydrogens (tertiary/aromatic N) is 6. The molecule has 0 amide bonds. The Hall–Kier alpha value is -4.47. The van der Waals surface area contributed by atoms with Crippen LogP contribution < -0.4 is 0 Å². The first-order valence-corrected chi connectivity index (χ1v) is 10.8. The van der Waals surface area contributed by atoms with E-state index in [2.05, 4.69) is 51.1 Å². The van der Waals surface area contributed by atoms with Crippen LogP contribution in [0, 0.1) is 34.0 Å². The summed E-state index contributed by atoms with van der Waals surface area (Å²) in [5.74, 6) is 0. The normalized spacial score (nSPS) is 17.0. The van der Waals surface area contributed by atoms with Gasteiger partial charge in [0.2, 0.25) is 0 Å². The van der Waals surface area contributed by atoms with Gasteiger partial charge < -0.3 is 14.7 Å². The lowest BCUT2D eigenvalue weighted by molar-refractivity contribution is 0.391. The minimum absolute atomic E-state index is 0.698. The lowest BCUT2D eigenvalue weighted by atomic mass is 10.0. The Bertz CT molecular complexity index is 1060. The highest BCUT2D eigenvalue weighted by molar-refractivity contribution is 5.38. The molecule has 3 aliphatic rings. The second-order valence-corrected chi connectivity index (χ2v) is 8.21. The molecule has 0 aliphatic carbocycles. The van der Waals surface area contributed by atoms with E-state index in [0.29, 0.717) is 36.4 Å². The molecule has 4 rings (SSSR count). The summed E-state index contributed by atoms with van der Waals surface area (Å²) >= 11 is 0. The minimum Gasteiger partial charge on any atom is -0.369 e. The van der Waals surface area contributed by atoms with Crippen LogP contribution >= 0.6 is 0 Å². The molecule has 0 saturated carbocycles. The van der Waals surface area contributed by atoms with E-state index in [1.165, 1.54) is 16.7 Å². The van der Waals surface area contributed by atoms with Gasteiger partial charge in [-0.15, -0.1) is 0 Å². The Morgan fingerprint density at radius 1 is 0.545 bits per heavy atom. The largest absolute Gasteiger partial charge is 0.369 e. The van der Waals surface area contributed by atoms with Gasteiger partial charge in [-0.2, -0.15) is 15.8 Å². The summed E-state index contributed by atoms with van der Waals surface area (Å²) in [6, 6.07) is 13.3. The lowest BCUT2D eigenvalue weighted by Gasteiger charge is -2.26. The van der Waals surface area contributed by atoms with Crippen LogP contribution in [0.25, 0.3) is 0 Å². The van der Waals surface area contributed by atoms with Crippen LogP contribution in [-0.2, 0) is 19.6 Å². The highest BCUT2D eigenvalue weighted by Crippen LogP contribution is 2.20. The average Bonchev–Trinajstić information content (AvgIpc) is 2.85. The lowest BCUT2D eigenvalue weighted by Crippen LogP contribution is -2.22. The zero-order valence-corrected chi connectivity index (χ0v) is 18.4. The first-order valence-electron chi connectivity index (χ1n) is 10.8. The Morgan fingerprint density at radius 2 is 0.848 bits per heavy atom. The van der Waals surface area contributed by atoms with Crippen molar-refractivity contribution >= 4 is 0 Å². The Kier molecular flexibility index (Phi) is 6.74. The molecule has 6 heteroatoms. The van der Waals surface area contributed by atoms with Gasteiger partial charge >= 0.3 is 0 Å². The van der Waals surface area contributed by atoms with Crippen molar-refractivity contribution in [2.75, 3.05) is 19.6 Å². The molecule has 0 unspecified atom stereocenters. The van der Waals surface area contributed by atoms with Gasteiger partial charge in [0, 0.05) is 57.9 Å². The number of hydrogen-bond acceptors (Lipinski definition) is 6. The molecule has 6 nitrogen and oxygen atoms in total. The van der Waals surface area contributed by atoms with Crippen molar-refractivity contribution in [2.24, 2.45) is 0 Å². The maximum Gasteiger partial charge on any atom is 0.0989 e. The molecule has 0 bridgehead atoms. The van der Waals surface area contributed by atoms with Crippen LogP contribution in [0.3, 0.4) is 0 Å². The van der Waals surface area contributed by atoms with Crippen molar-refractivity contribution < 1.29 is 0 Å². The average molecular weight is 433 g/mol. The van der Waals surface area contributed by atoms with E-state index >= 15 is 0 Å². The Morgan fingerprint density at radius 3 is 1.06 bits per heavy atom. The van der Waals surface area contributed by atoms with Crippen molar-refractivity contribution in [3.05, 3.63) is 107 Å². The van der Waals surface area contributed by atoms with E-state index in [4.69, 9.17) is 15.8 Å². The van der Waals surface area contributed by atoms with Crippen molar-refractivity contribution in [3.8, 4) is 18.2 Å². The van der Waals surface area contributed by atoms with Crippen LogP contribution in [0.5, 0.6) is 0 Å². The maximum atomic E-state index is 9.06. The fourth-order valence-electron chi connectivity index (χ4n) is 4.01. The first kappa shape index (κ1) is 21.8. The summed E-state index contributed by atoms with van der Waals surface area (Å²) in [4.78, 5) is 6.57. The predicted octanol–water partition coefficient (Wildman–Crippen LogP) is 4.02. The van der Waals surface area contributed by atoms with Crippen molar-refractivity contribution in [1.29, 1.82) is 15.8 Å². The summed E-state index contributed by atoms with van der Waals surface area (Å²) in [5, 5.41) is 27.2. The van der Waals surface area contributed by atoms with E-state index in [0.717, 1.165) is 19.6 Å². The van der Waals surface area contributed by atoms with E-state index in [9.17, 15) is 0 Å².